The maximum atomic E-state index is 11.0. The van der Waals surface area contributed by atoms with E-state index in [1.807, 2.05) is 0 Å². The summed E-state index contributed by atoms with van der Waals surface area (Å²) in [5.41, 5.74) is 0.755. The molecule has 0 saturated heterocycles. The third-order valence-electron chi connectivity index (χ3n) is 1.95. The molecule has 0 aliphatic rings. The third kappa shape index (κ3) is 2.44. The van der Waals surface area contributed by atoms with Gasteiger partial charge in [-0.05, 0) is 24.6 Å². The van der Waals surface area contributed by atoms with Crippen molar-refractivity contribution in [3.8, 4) is 0 Å². The Kier molecular flexibility index (Phi) is 3.44. The lowest BCUT2D eigenvalue weighted by atomic mass is 10.0. The monoisotopic (exact) mass is 210 g/mol. The fourth-order valence-electron chi connectivity index (χ4n) is 1.07. The topological polar surface area (TPSA) is 37.3 Å². The van der Waals surface area contributed by atoms with Gasteiger partial charge in [0, 0.05) is 10.6 Å². The zero-order valence-corrected chi connectivity index (χ0v) is 8.58. The van der Waals surface area contributed by atoms with Crippen LogP contribution in [0, 0.1) is 0 Å². The molecule has 1 aromatic carbocycles. The highest BCUT2D eigenvalue weighted by atomic mass is 35.5. The van der Waals surface area contributed by atoms with E-state index < -0.39 is 6.10 Å². The van der Waals surface area contributed by atoms with Gasteiger partial charge in [0.05, 0.1) is 0 Å². The summed E-state index contributed by atoms with van der Waals surface area (Å²) in [6.45, 7) is 4.89. The van der Waals surface area contributed by atoms with Gasteiger partial charge in [-0.2, -0.15) is 0 Å². The van der Waals surface area contributed by atoms with Gasteiger partial charge in [-0.25, -0.2) is 0 Å². The SMILES string of the molecule is C=C(C(C)=O)[C@@H](O)c1cccc(Cl)c1. The maximum absolute atomic E-state index is 11.0. The summed E-state index contributed by atoms with van der Waals surface area (Å²) < 4.78 is 0. The number of aliphatic hydroxyl groups excluding tert-OH is 1. The van der Waals surface area contributed by atoms with Crippen molar-refractivity contribution in [2.24, 2.45) is 0 Å². The highest BCUT2D eigenvalue weighted by Crippen LogP contribution is 2.23. The molecule has 14 heavy (non-hydrogen) atoms. The predicted molar refractivity (Wildman–Crippen MR) is 56.2 cm³/mol. The Morgan fingerprint density at radius 2 is 2.21 bits per heavy atom. The number of hydrogen-bond acceptors (Lipinski definition) is 2. The number of ketones is 1. The van der Waals surface area contributed by atoms with E-state index >= 15 is 0 Å². The lowest BCUT2D eigenvalue weighted by Crippen LogP contribution is -2.07. The summed E-state index contributed by atoms with van der Waals surface area (Å²) in [6.07, 6.45) is -0.966. The Morgan fingerprint density at radius 1 is 1.57 bits per heavy atom. The van der Waals surface area contributed by atoms with Gasteiger partial charge < -0.3 is 5.11 Å². The van der Waals surface area contributed by atoms with Crippen molar-refractivity contribution in [1.29, 1.82) is 0 Å². The van der Waals surface area contributed by atoms with E-state index in [1.165, 1.54) is 6.92 Å². The summed E-state index contributed by atoms with van der Waals surface area (Å²) in [6, 6.07) is 6.73. The number of benzene rings is 1. The Balaban J connectivity index is 2.95. The molecule has 0 aromatic heterocycles. The van der Waals surface area contributed by atoms with E-state index in [-0.39, 0.29) is 11.4 Å². The first-order chi connectivity index (χ1) is 6.52. The summed E-state index contributed by atoms with van der Waals surface area (Å²) in [5.74, 6) is -0.225. The number of hydrogen-bond donors (Lipinski definition) is 1. The van der Waals surface area contributed by atoms with Crippen LogP contribution in [-0.4, -0.2) is 10.9 Å². The number of Topliss-reactive ketones (excluding diaryl/α,β-unsaturated/α-hetero) is 1. The molecule has 0 unspecified atom stereocenters. The van der Waals surface area contributed by atoms with E-state index in [0.717, 1.165) is 0 Å². The second-order valence-corrected chi connectivity index (χ2v) is 3.48. The van der Waals surface area contributed by atoms with E-state index in [1.54, 1.807) is 24.3 Å². The predicted octanol–water partition coefficient (Wildman–Crippen LogP) is 2.52. The number of aliphatic hydroxyl groups is 1. The van der Waals surface area contributed by atoms with Crippen molar-refractivity contribution in [2.75, 3.05) is 0 Å². The number of halogens is 1. The second kappa shape index (κ2) is 4.40. The van der Waals surface area contributed by atoms with Crippen molar-refractivity contribution in [3.63, 3.8) is 0 Å². The molecule has 0 aliphatic carbocycles. The van der Waals surface area contributed by atoms with Gasteiger partial charge in [0.15, 0.2) is 5.78 Å². The molecule has 0 fully saturated rings. The minimum atomic E-state index is -0.966. The van der Waals surface area contributed by atoms with Gasteiger partial charge in [0.2, 0.25) is 0 Å². The maximum Gasteiger partial charge on any atom is 0.158 e. The van der Waals surface area contributed by atoms with Gasteiger partial charge in [-0.3, -0.25) is 4.79 Å². The summed E-state index contributed by atoms with van der Waals surface area (Å²) >= 11 is 5.75. The molecule has 0 spiro atoms. The summed E-state index contributed by atoms with van der Waals surface area (Å²) in [5, 5.41) is 10.2. The Bertz CT molecular complexity index is 371. The third-order valence-corrected chi connectivity index (χ3v) is 2.18. The van der Waals surface area contributed by atoms with Crippen LogP contribution in [0.15, 0.2) is 36.4 Å². The zero-order chi connectivity index (χ0) is 10.7. The van der Waals surface area contributed by atoms with E-state index in [2.05, 4.69) is 6.58 Å². The molecule has 1 atom stereocenters. The Hall–Kier alpha value is -1.12. The second-order valence-electron chi connectivity index (χ2n) is 3.04. The summed E-state index contributed by atoms with van der Waals surface area (Å²) in [7, 11) is 0. The molecule has 1 N–H and O–H groups in total. The van der Waals surface area contributed by atoms with Crippen LogP contribution in [0.3, 0.4) is 0 Å². The normalized spacial score (nSPS) is 12.2. The highest BCUT2D eigenvalue weighted by molar-refractivity contribution is 6.30. The van der Waals surface area contributed by atoms with E-state index in [9.17, 15) is 9.90 Å². The molecule has 1 aromatic rings. The number of carbonyl (C=O) groups excluding carboxylic acids is 1. The zero-order valence-electron chi connectivity index (χ0n) is 7.83. The Morgan fingerprint density at radius 3 is 2.71 bits per heavy atom. The molecule has 0 amide bonds. The van der Waals surface area contributed by atoms with Crippen molar-refractivity contribution in [3.05, 3.63) is 47.0 Å². The number of carbonyl (C=O) groups is 1. The van der Waals surface area contributed by atoms with Gasteiger partial charge in [0.25, 0.3) is 0 Å². The minimum Gasteiger partial charge on any atom is -0.384 e. The van der Waals surface area contributed by atoms with Gasteiger partial charge in [0.1, 0.15) is 6.10 Å². The van der Waals surface area contributed by atoms with Crippen LogP contribution in [0.1, 0.15) is 18.6 Å². The molecule has 0 saturated carbocycles. The Labute approximate surface area is 87.8 Å². The van der Waals surface area contributed by atoms with Crippen LogP contribution in [0.4, 0.5) is 0 Å². The van der Waals surface area contributed by atoms with Crippen LogP contribution >= 0.6 is 11.6 Å². The van der Waals surface area contributed by atoms with Gasteiger partial charge in [-0.15, -0.1) is 0 Å². The lowest BCUT2D eigenvalue weighted by molar-refractivity contribution is -0.114. The summed E-state index contributed by atoms with van der Waals surface area (Å²) in [4.78, 5) is 11.0. The highest BCUT2D eigenvalue weighted by Gasteiger charge is 2.14. The van der Waals surface area contributed by atoms with Crippen LogP contribution in [0.2, 0.25) is 5.02 Å². The first kappa shape index (κ1) is 11.0. The average Bonchev–Trinajstić information content (AvgIpc) is 2.15. The molecule has 2 nitrogen and oxygen atoms in total. The van der Waals surface area contributed by atoms with Crippen LogP contribution < -0.4 is 0 Å². The molecule has 74 valence electrons. The van der Waals surface area contributed by atoms with Gasteiger partial charge in [-0.1, -0.05) is 30.3 Å². The minimum absolute atomic E-state index is 0.173. The van der Waals surface area contributed by atoms with Gasteiger partial charge >= 0.3 is 0 Å². The lowest BCUT2D eigenvalue weighted by Gasteiger charge is -2.11. The first-order valence-corrected chi connectivity index (χ1v) is 4.53. The quantitative estimate of drug-likeness (QED) is 0.779. The van der Waals surface area contributed by atoms with Crippen molar-refractivity contribution in [1.82, 2.24) is 0 Å². The molecule has 1 rings (SSSR count). The van der Waals surface area contributed by atoms with Crippen LogP contribution in [0.25, 0.3) is 0 Å². The van der Waals surface area contributed by atoms with E-state index in [4.69, 9.17) is 11.6 Å². The molecule has 0 aliphatic heterocycles. The first-order valence-electron chi connectivity index (χ1n) is 4.15. The fraction of sp³-hybridized carbons (Fsp3) is 0.182. The van der Waals surface area contributed by atoms with Crippen molar-refractivity contribution in [2.45, 2.75) is 13.0 Å². The molecule has 0 heterocycles. The van der Waals surface area contributed by atoms with E-state index in [0.29, 0.717) is 10.6 Å². The largest absolute Gasteiger partial charge is 0.384 e. The van der Waals surface area contributed by atoms with Crippen LogP contribution in [-0.2, 0) is 4.79 Å². The fourth-order valence-corrected chi connectivity index (χ4v) is 1.27. The molecular weight excluding hydrogens is 200 g/mol. The van der Waals surface area contributed by atoms with Crippen LogP contribution in [0.5, 0.6) is 0 Å². The number of rotatable bonds is 3. The molecular formula is C11H11ClO2. The molecule has 0 radical (unpaired) electrons. The van der Waals surface area contributed by atoms with Crippen molar-refractivity contribution < 1.29 is 9.90 Å². The molecule has 0 bridgehead atoms. The average molecular weight is 211 g/mol. The standard InChI is InChI=1S/C11H11ClO2/c1-7(8(2)13)11(14)9-4-3-5-10(12)6-9/h3-6,11,14H,1H2,2H3/t11-/m1/s1. The smallest absolute Gasteiger partial charge is 0.158 e. The van der Waals surface area contributed by atoms with Crippen molar-refractivity contribution >= 4 is 17.4 Å². The molecule has 3 heteroatoms.